The Bertz CT molecular complexity index is 1650. The second-order valence-electron chi connectivity index (χ2n) is 12.2. The fourth-order valence-electron chi connectivity index (χ4n) is 6.03. The Morgan fingerprint density at radius 3 is 0.891 bits per heavy atom. The van der Waals surface area contributed by atoms with Gasteiger partial charge in [-0.3, -0.25) is 0 Å². The molecule has 0 N–H and O–H groups in total. The number of anilines is 6. The molecule has 0 bridgehead atoms. The fraction of sp³-hybridized carbons (Fsp3) is 0.182. The molecule has 0 saturated heterocycles. The van der Waals surface area contributed by atoms with Crippen LogP contribution in [0.5, 0.6) is 0 Å². The lowest BCUT2D eigenvalue weighted by molar-refractivity contribution is 0.733. The van der Waals surface area contributed by atoms with Gasteiger partial charge in [0.2, 0.25) is 0 Å². The van der Waals surface area contributed by atoms with Crippen LogP contribution in [0.1, 0.15) is 63.5 Å². The molecule has 2 nitrogen and oxygen atoms in total. The van der Waals surface area contributed by atoms with E-state index >= 15 is 0 Å². The summed E-state index contributed by atoms with van der Waals surface area (Å²) >= 11 is 0. The van der Waals surface area contributed by atoms with E-state index < -0.39 is 0 Å². The molecule has 46 heavy (non-hydrogen) atoms. The van der Waals surface area contributed by atoms with E-state index in [-0.39, 0.29) is 0 Å². The van der Waals surface area contributed by atoms with Gasteiger partial charge in [0.1, 0.15) is 0 Å². The van der Waals surface area contributed by atoms with Crippen LogP contribution in [-0.4, -0.2) is 0 Å². The lowest BCUT2D eigenvalue weighted by Gasteiger charge is -2.26. The topological polar surface area (TPSA) is 6.48 Å². The van der Waals surface area contributed by atoms with Crippen LogP contribution in [-0.2, 0) is 0 Å². The molecule has 0 aromatic heterocycles. The third-order valence-electron chi connectivity index (χ3n) is 9.28. The number of rotatable bonds is 11. The van der Waals surface area contributed by atoms with Crippen molar-refractivity contribution < 1.29 is 0 Å². The molecule has 0 aliphatic rings. The third-order valence-corrected chi connectivity index (χ3v) is 9.28. The maximum Gasteiger partial charge on any atom is 0.0462 e. The van der Waals surface area contributed by atoms with Gasteiger partial charge in [-0.15, -0.1) is 0 Å². The maximum atomic E-state index is 2.33. The second-order valence-corrected chi connectivity index (χ2v) is 12.2. The molecule has 0 saturated carbocycles. The summed E-state index contributed by atoms with van der Waals surface area (Å²) in [7, 11) is 0. The molecule has 6 aromatic carbocycles. The van der Waals surface area contributed by atoms with E-state index in [9.17, 15) is 0 Å². The Balaban J connectivity index is 1.29. The molecular formula is C44H44N2. The van der Waals surface area contributed by atoms with E-state index in [1.807, 2.05) is 0 Å². The Morgan fingerprint density at radius 2 is 0.609 bits per heavy atom. The molecule has 2 heteroatoms. The van der Waals surface area contributed by atoms with Gasteiger partial charge in [0, 0.05) is 34.1 Å². The Kier molecular flexibility index (Phi) is 9.65. The molecule has 0 radical (unpaired) electrons. The summed E-state index contributed by atoms with van der Waals surface area (Å²) in [6.07, 6.45) is 2.28. The van der Waals surface area contributed by atoms with Gasteiger partial charge < -0.3 is 9.80 Å². The smallest absolute Gasteiger partial charge is 0.0462 e. The fourth-order valence-corrected chi connectivity index (χ4v) is 6.03. The first-order valence-corrected chi connectivity index (χ1v) is 16.7. The molecule has 6 aromatic rings. The normalized spacial score (nSPS) is 12.3. The van der Waals surface area contributed by atoms with Crippen LogP contribution in [0, 0.1) is 0 Å². The molecule has 0 amide bonds. The summed E-state index contributed by atoms with van der Waals surface area (Å²) in [6.45, 7) is 9.07. The molecule has 0 aliphatic heterocycles. The van der Waals surface area contributed by atoms with Crippen molar-refractivity contribution in [2.45, 2.75) is 52.4 Å². The highest BCUT2D eigenvalue weighted by molar-refractivity contribution is 5.80. The zero-order valence-electron chi connectivity index (χ0n) is 27.5. The Morgan fingerprint density at radius 1 is 0.348 bits per heavy atom. The highest BCUT2D eigenvalue weighted by Crippen LogP contribution is 2.38. The van der Waals surface area contributed by atoms with Crippen LogP contribution in [0.15, 0.2) is 158 Å². The minimum Gasteiger partial charge on any atom is -0.311 e. The van der Waals surface area contributed by atoms with E-state index in [1.165, 1.54) is 22.3 Å². The van der Waals surface area contributed by atoms with E-state index in [0.29, 0.717) is 11.8 Å². The van der Waals surface area contributed by atoms with Crippen molar-refractivity contribution in [3.8, 4) is 11.1 Å². The van der Waals surface area contributed by atoms with Crippen molar-refractivity contribution in [1.29, 1.82) is 0 Å². The Labute approximate surface area is 275 Å². The van der Waals surface area contributed by atoms with Crippen molar-refractivity contribution in [2.75, 3.05) is 9.80 Å². The standard InChI is InChI=1S/C44H44N2/c1-5-33(3)35-17-25-41(26-18-35)45(39-13-9-7-10-14-39)43-29-21-37(22-30-43)38-23-31-44(32-24-38)46(40-15-11-8-12-16-40)42-27-19-36(20-28-42)34(4)6-2/h7-34H,5-6H2,1-4H3. The van der Waals surface area contributed by atoms with Crippen LogP contribution in [0.25, 0.3) is 11.1 Å². The van der Waals surface area contributed by atoms with E-state index in [1.54, 1.807) is 0 Å². The summed E-state index contributed by atoms with van der Waals surface area (Å²) in [4.78, 5) is 4.66. The average Bonchev–Trinajstić information content (AvgIpc) is 3.13. The molecule has 0 aliphatic carbocycles. The number of benzene rings is 6. The minimum absolute atomic E-state index is 0.555. The first-order chi connectivity index (χ1) is 22.6. The summed E-state index contributed by atoms with van der Waals surface area (Å²) in [5.41, 5.74) is 12.0. The van der Waals surface area contributed by atoms with Crippen molar-refractivity contribution in [1.82, 2.24) is 0 Å². The van der Waals surface area contributed by atoms with Crippen molar-refractivity contribution in [3.05, 3.63) is 169 Å². The highest BCUT2D eigenvalue weighted by Gasteiger charge is 2.15. The van der Waals surface area contributed by atoms with Crippen LogP contribution >= 0.6 is 0 Å². The predicted octanol–water partition coefficient (Wildman–Crippen LogP) is 13.3. The van der Waals surface area contributed by atoms with Gasteiger partial charge in [0.15, 0.2) is 0 Å². The number of hydrogen-bond donors (Lipinski definition) is 0. The van der Waals surface area contributed by atoms with Gasteiger partial charge in [0.05, 0.1) is 0 Å². The zero-order chi connectivity index (χ0) is 31.9. The van der Waals surface area contributed by atoms with E-state index in [2.05, 4.69) is 195 Å². The number of para-hydroxylation sites is 2. The monoisotopic (exact) mass is 600 g/mol. The second kappa shape index (κ2) is 14.3. The maximum absolute atomic E-state index is 2.33. The van der Waals surface area contributed by atoms with Crippen LogP contribution in [0.2, 0.25) is 0 Å². The van der Waals surface area contributed by atoms with Gasteiger partial charge in [-0.25, -0.2) is 0 Å². The SMILES string of the molecule is CCC(C)c1ccc(N(c2ccccc2)c2ccc(-c3ccc(N(c4ccccc4)c4ccc(C(C)CC)cc4)cc3)cc2)cc1. The van der Waals surface area contributed by atoms with E-state index in [4.69, 9.17) is 0 Å². The van der Waals surface area contributed by atoms with Crippen LogP contribution in [0.4, 0.5) is 34.1 Å². The first-order valence-electron chi connectivity index (χ1n) is 16.7. The van der Waals surface area contributed by atoms with E-state index in [0.717, 1.165) is 47.0 Å². The van der Waals surface area contributed by atoms with Crippen LogP contribution < -0.4 is 9.80 Å². The molecule has 2 unspecified atom stereocenters. The van der Waals surface area contributed by atoms with Crippen molar-refractivity contribution in [2.24, 2.45) is 0 Å². The minimum atomic E-state index is 0.555. The molecule has 2 atom stereocenters. The zero-order valence-corrected chi connectivity index (χ0v) is 27.5. The van der Waals surface area contributed by atoms with Gasteiger partial charge in [-0.2, -0.15) is 0 Å². The third kappa shape index (κ3) is 6.77. The molecule has 0 spiro atoms. The highest BCUT2D eigenvalue weighted by atomic mass is 15.1. The lowest BCUT2D eigenvalue weighted by atomic mass is 9.98. The summed E-state index contributed by atoms with van der Waals surface area (Å²) in [6, 6.07) is 57.2. The number of hydrogen-bond acceptors (Lipinski definition) is 2. The largest absolute Gasteiger partial charge is 0.311 e. The van der Waals surface area contributed by atoms with Crippen molar-refractivity contribution in [3.63, 3.8) is 0 Å². The molecule has 0 heterocycles. The summed E-state index contributed by atoms with van der Waals surface area (Å²) < 4.78 is 0. The van der Waals surface area contributed by atoms with Gasteiger partial charge in [-0.05, 0) is 120 Å². The number of nitrogens with zero attached hydrogens (tertiary/aromatic N) is 2. The van der Waals surface area contributed by atoms with Gasteiger partial charge >= 0.3 is 0 Å². The molecular weight excluding hydrogens is 556 g/mol. The average molecular weight is 601 g/mol. The quantitative estimate of drug-likeness (QED) is 0.146. The predicted molar refractivity (Wildman–Crippen MR) is 199 cm³/mol. The molecule has 6 rings (SSSR count). The lowest BCUT2D eigenvalue weighted by Crippen LogP contribution is -2.10. The summed E-state index contributed by atoms with van der Waals surface area (Å²) in [5.74, 6) is 1.11. The van der Waals surface area contributed by atoms with Crippen LogP contribution in [0.3, 0.4) is 0 Å². The molecule has 0 fully saturated rings. The Hall–Kier alpha value is -5.08. The first kappa shape index (κ1) is 30.9. The van der Waals surface area contributed by atoms with Gasteiger partial charge in [-0.1, -0.05) is 113 Å². The van der Waals surface area contributed by atoms with Gasteiger partial charge in [0.25, 0.3) is 0 Å². The van der Waals surface area contributed by atoms with Crippen molar-refractivity contribution >= 4 is 34.1 Å². The molecule has 230 valence electrons. The summed E-state index contributed by atoms with van der Waals surface area (Å²) in [5, 5.41) is 0.